The third-order valence-electron chi connectivity index (χ3n) is 4.63. The number of hydrogen-bond donors (Lipinski definition) is 4. The molecule has 26 heavy (non-hydrogen) atoms. The number of aliphatic hydroxyl groups is 3. The minimum absolute atomic E-state index is 0.00484. The van der Waals surface area contributed by atoms with Crippen molar-refractivity contribution in [3.8, 4) is 0 Å². The maximum Gasteiger partial charge on any atom is 0.330 e. The summed E-state index contributed by atoms with van der Waals surface area (Å²) in [5, 5.41) is 32.2. The van der Waals surface area contributed by atoms with Crippen molar-refractivity contribution in [3.63, 3.8) is 0 Å². The summed E-state index contributed by atoms with van der Waals surface area (Å²) in [6, 6.07) is 9.65. The van der Waals surface area contributed by atoms with Crippen molar-refractivity contribution in [1.82, 2.24) is 9.55 Å². The van der Waals surface area contributed by atoms with Gasteiger partial charge in [-0.1, -0.05) is 18.2 Å². The molecule has 4 N–H and O–H groups in total. The number of furan rings is 1. The highest BCUT2D eigenvalue weighted by Crippen LogP contribution is 2.44. The molecular formula is C17H16N2O7. The molecule has 0 amide bonds. The molecule has 136 valence electrons. The molecule has 0 saturated carbocycles. The highest BCUT2D eigenvalue weighted by atomic mass is 16.6. The Labute approximate surface area is 145 Å². The zero-order valence-electron chi connectivity index (χ0n) is 13.4. The van der Waals surface area contributed by atoms with Crippen LogP contribution in [0.25, 0.3) is 11.0 Å². The Kier molecular flexibility index (Phi) is 3.81. The van der Waals surface area contributed by atoms with Gasteiger partial charge >= 0.3 is 5.69 Å². The largest absolute Gasteiger partial charge is 0.458 e. The summed E-state index contributed by atoms with van der Waals surface area (Å²) >= 11 is 0. The van der Waals surface area contributed by atoms with Gasteiger partial charge in [0.2, 0.25) is 0 Å². The van der Waals surface area contributed by atoms with Crippen LogP contribution < -0.4 is 11.2 Å². The van der Waals surface area contributed by atoms with Crippen molar-refractivity contribution < 1.29 is 24.5 Å². The van der Waals surface area contributed by atoms with E-state index in [2.05, 4.69) is 4.98 Å². The van der Waals surface area contributed by atoms with Crippen LogP contribution in [0.4, 0.5) is 0 Å². The second-order valence-electron chi connectivity index (χ2n) is 6.13. The Morgan fingerprint density at radius 3 is 2.69 bits per heavy atom. The summed E-state index contributed by atoms with van der Waals surface area (Å²) < 4.78 is 12.1. The minimum Gasteiger partial charge on any atom is -0.458 e. The van der Waals surface area contributed by atoms with E-state index < -0.39 is 41.9 Å². The van der Waals surface area contributed by atoms with Gasteiger partial charge in [0.05, 0.1) is 6.61 Å². The Bertz CT molecular complexity index is 1040. The maximum absolute atomic E-state index is 12.0. The van der Waals surface area contributed by atoms with Gasteiger partial charge in [-0.2, -0.15) is 0 Å². The van der Waals surface area contributed by atoms with Crippen molar-refractivity contribution >= 4 is 11.0 Å². The molecule has 4 atom stereocenters. The van der Waals surface area contributed by atoms with Crippen LogP contribution in [0, 0.1) is 0 Å². The average Bonchev–Trinajstić information content (AvgIpc) is 3.16. The van der Waals surface area contributed by atoms with Gasteiger partial charge in [0.25, 0.3) is 5.56 Å². The van der Waals surface area contributed by atoms with Crippen molar-refractivity contribution in [1.29, 1.82) is 0 Å². The van der Waals surface area contributed by atoms with Crippen LogP contribution in [0.15, 0.2) is 56.6 Å². The zero-order chi connectivity index (χ0) is 18.5. The van der Waals surface area contributed by atoms with E-state index in [0.29, 0.717) is 11.0 Å². The number of aromatic amines is 1. The first kappa shape index (κ1) is 16.7. The van der Waals surface area contributed by atoms with Gasteiger partial charge in [-0.15, -0.1) is 0 Å². The van der Waals surface area contributed by atoms with E-state index in [1.54, 1.807) is 30.3 Å². The Morgan fingerprint density at radius 1 is 1.23 bits per heavy atom. The van der Waals surface area contributed by atoms with Crippen molar-refractivity contribution in [2.75, 3.05) is 6.61 Å². The van der Waals surface area contributed by atoms with Gasteiger partial charge in [-0.05, 0) is 12.1 Å². The predicted molar refractivity (Wildman–Crippen MR) is 88.4 cm³/mol. The number of fused-ring (bicyclic) bond motifs is 1. The summed E-state index contributed by atoms with van der Waals surface area (Å²) in [7, 11) is 0. The summed E-state index contributed by atoms with van der Waals surface area (Å²) in [4.78, 5) is 25.3. The first-order valence-electron chi connectivity index (χ1n) is 7.92. The molecule has 2 aromatic heterocycles. The number of rotatable bonds is 3. The molecule has 1 aliphatic rings. The van der Waals surface area contributed by atoms with Crippen molar-refractivity contribution in [2.24, 2.45) is 0 Å². The maximum atomic E-state index is 12.0. The molecule has 0 aliphatic carbocycles. The van der Waals surface area contributed by atoms with E-state index in [-0.39, 0.29) is 5.76 Å². The SMILES string of the molecule is O=c1ccn([C@@H]2O[C@H](CO)[C@](O)(c3cc4ccccc4o3)[C@H]2O)c(=O)[nH]1. The number of aromatic nitrogens is 2. The quantitative estimate of drug-likeness (QED) is 0.490. The Balaban J connectivity index is 1.82. The monoisotopic (exact) mass is 360 g/mol. The predicted octanol–water partition coefficient (Wildman–Crippen LogP) is -0.579. The number of nitrogens with zero attached hydrogens (tertiary/aromatic N) is 1. The average molecular weight is 360 g/mol. The number of ether oxygens (including phenoxy) is 1. The van der Waals surface area contributed by atoms with Gasteiger partial charge in [0, 0.05) is 17.6 Å². The van der Waals surface area contributed by atoms with Crippen LogP contribution in [-0.4, -0.2) is 43.7 Å². The Morgan fingerprint density at radius 2 is 2.00 bits per heavy atom. The molecule has 0 spiro atoms. The first-order valence-corrected chi connectivity index (χ1v) is 7.92. The standard InChI is InChI=1S/C17H16N2O7/c20-8-12-17(24,11-7-9-3-1-2-4-10(9)25-11)14(22)15(26-12)19-6-5-13(21)18-16(19)23/h1-7,12,14-15,20,22,24H,8H2,(H,18,21,23)/t12-,14+,15-,17-/m1/s1. The molecule has 1 aromatic carbocycles. The lowest BCUT2D eigenvalue weighted by Gasteiger charge is -2.27. The molecule has 4 rings (SSSR count). The second-order valence-corrected chi connectivity index (χ2v) is 6.13. The lowest BCUT2D eigenvalue weighted by Crippen LogP contribution is -2.46. The van der Waals surface area contributed by atoms with Crippen molar-refractivity contribution in [3.05, 3.63) is 69.2 Å². The highest BCUT2D eigenvalue weighted by Gasteiger charge is 2.59. The molecule has 0 radical (unpaired) electrons. The van der Waals surface area contributed by atoms with Crippen LogP contribution in [0.5, 0.6) is 0 Å². The first-order chi connectivity index (χ1) is 12.4. The van der Waals surface area contributed by atoms with Gasteiger partial charge < -0.3 is 24.5 Å². The third-order valence-corrected chi connectivity index (χ3v) is 4.63. The number of aliphatic hydroxyl groups excluding tert-OH is 2. The highest BCUT2D eigenvalue weighted by molar-refractivity contribution is 5.78. The van der Waals surface area contributed by atoms with E-state index in [4.69, 9.17) is 9.15 Å². The lowest BCUT2D eigenvalue weighted by molar-refractivity contribution is -0.109. The number of nitrogens with one attached hydrogen (secondary N) is 1. The van der Waals surface area contributed by atoms with E-state index in [9.17, 15) is 24.9 Å². The summed E-state index contributed by atoms with van der Waals surface area (Å²) in [5.41, 5.74) is -3.02. The summed E-state index contributed by atoms with van der Waals surface area (Å²) in [5.74, 6) is 0.00484. The third kappa shape index (κ3) is 2.33. The molecule has 0 bridgehead atoms. The molecule has 0 unspecified atom stereocenters. The van der Waals surface area contributed by atoms with Crippen LogP contribution in [0.1, 0.15) is 12.0 Å². The molecule has 3 aromatic rings. The fraction of sp³-hybridized carbons (Fsp3) is 0.294. The smallest absolute Gasteiger partial charge is 0.330 e. The van der Waals surface area contributed by atoms with E-state index in [1.165, 1.54) is 0 Å². The zero-order valence-corrected chi connectivity index (χ0v) is 13.4. The lowest BCUT2D eigenvalue weighted by atomic mass is 9.89. The van der Waals surface area contributed by atoms with Crippen LogP contribution >= 0.6 is 0 Å². The van der Waals surface area contributed by atoms with Crippen LogP contribution in [-0.2, 0) is 10.3 Å². The van der Waals surface area contributed by atoms with Gasteiger partial charge in [-0.3, -0.25) is 14.3 Å². The minimum atomic E-state index is -2.09. The Hall–Kier alpha value is -2.72. The normalized spacial score (nSPS) is 28.7. The van der Waals surface area contributed by atoms with Gasteiger partial charge in [0.15, 0.2) is 11.8 Å². The van der Waals surface area contributed by atoms with Gasteiger partial charge in [0.1, 0.15) is 23.6 Å². The van der Waals surface area contributed by atoms with E-state index in [0.717, 1.165) is 16.8 Å². The summed E-state index contributed by atoms with van der Waals surface area (Å²) in [6.07, 6.45) is -3.06. The van der Waals surface area contributed by atoms with Crippen molar-refractivity contribution in [2.45, 2.75) is 24.0 Å². The fourth-order valence-electron chi connectivity index (χ4n) is 3.27. The topological polar surface area (TPSA) is 138 Å². The van der Waals surface area contributed by atoms with Gasteiger partial charge in [-0.25, -0.2) is 4.79 Å². The van der Waals surface area contributed by atoms with E-state index in [1.807, 2.05) is 0 Å². The van der Waals surface area contributed by atoms with Crippen LogP contribution in [0.2, 0.25) is 0 Å². The number of benzene rings is 1. The number of H-pyrrole nitrogens is 1. The molecule has 9 nitrogen and oxygen atoms in total. The van der Waals surface area contributed by atoms with E-state index >= 15 is 0 Å². The fourth-order valence-corrected chi connectivity index (χ4v) is 3.27. The molecule has 1 aliphatic heterocycles. The molecule has 3 heterocycles. The molecular weight excluding hydrogens is 344 g/mol. The van der Waals surface area contributed by atoms with Crippen LogP contribution in [0.3, 0.4) is 0 Å². The number of hydrogen-bond acceptors (Lipinski definition) is 7. The molecule has 1 saturated heterocycles. The summed E-state index contributed by atoms with van der Waals surface area (Å²) in [6.45, 7) is -0.626. The molecule has 9 heteroatoms. The second kappa shape index (κ2) is 5.92. The molecule has 1 fully saturated rings. The number of para-hydroxylation sites is 1.